The van der Waals surface area contributed by atoms with E-state index in [1.165, 1.54) is 38.7 Å². The number of aldehydes is 2. The molecule has 0 amide bonds. The number of carbonyl (C=O) groups is 2. The van der Waals surface area contributed by atoms with Crippen LogP contribution in [0.4, 0.5) is 0 Å². The quantitative estimate of drug-likeness (QED) is 0.138. The van der Waals surface area contributed by atoms with Crippen molar-refractivity contribution in [3.8, 4) is 23.3 Å². The van der Waals surface area contributed by atoms with Crippen molar-refractivity contribution in [2.75, 3.05) is 14.2 Å². The number of methoxy groups -OCH3 is 2. The van der Waals surface area contributed by atoms with E-state index < -0.39 is 0 Å². The van der Waals surface area contributed by atoms with Gasteiger partial charge in [-0.05, 0) is 49.6 Å². The van der Waals surface area contributed by atoms with Crippen molar-refractivity contribution >= 4 is 56.0 Å². The predicted molar refractivity (Wildman–Crippen MR) is 152 cm³/mol. The van der Waals surface area contributed by atoms with E-state index in [-0.39, 0.29) is 11.3 Å². The summed E-state index contributed by atoms with van der Waals surface area (Å²) in [7, 11) is 2.93. The van der Waals surface area contributed by atoms with Crippen molar-refractivity contribution < 1.29 is 28.9 Å². The Morgan fingerprint density at radius 1 is 0.846 bits per heavy atom. The minimum Gasteiger partial charge on any atom is -0.506 e. The van der Waals surface area contributed by atoms with Crippen LogP contribution in [0.5, 0.6) is 23.3 Å². The molecule has 0 atom stereocenters. The molecule has 0 fully saturated rings. The first-order valence-corrected chi connectivity index (χ1v) is 13.0. The normalized spacial score (nSPS) is 9.67. The molecule has 0 saturated heterocycles. The molecule has 0 aliphatic heterocycles. The number of pyridine rings is 4. The van der Waals surface area contributed by atoms with Crippen LogP contribution in [-0.4, -0.2) is 51.8 Å². The molecule has 13 heteroatoms. The van der Waals surface area contributed by atoms with Gasteiger partial charge in [0.15, 0.2) is 12.6 Å². The van der Waals surface area contributed by atoms with Crippen LogP contribution in [0.3, 0.4) is 0 Å². The van der Waals surface area contributed by atoms with Crippen molar-refractivity contribution in [3.05, 3.63) is 92.6 Å². The molecule has 0 aliphatic rings. The molecule has 10 nitrogen and oxygen atoms in total. The summed E-state index contributed by atoms with van der Waals surface area (Å²) in [6, 6.07) is 10.4. The molecule has 0 radical (unpaired) electrons. The summed E-state index contributed by atoms with van der Waals surface area (Å²) in [5.41, 5.74) is 2.48. The van der Waals surface area contributed by atoms with E-state index in [1.54, 1.807) is 12.4 Å². The fourth-order valence-electron chi connectivity index (χ4n) is 2.61. The smallest absolute Gasteiger partial charge is 0.213 e. The van der Waals surface area contributed by atoms with Gasteiger partial charge in [-0.2, -0.15) is 0 Å². The maximum Gasteiger partial charge on any atom is 0.213 e. The third-order valence-electron chi connectivity index (χ3n) is 4.63. The lowest BCUT2D eigenvalue weighted by atomic mass is 10.2. The number of hydrogen-bond acceptors (Lipinski definition) is 10. The number of alkyl halides is 1. The van der Waals surface area contributed by atoms with E-state index in [1.807, 2.05) is 24.3 Å². The largest absolute Gasteiger partial charge is 0.506 e. The van der Waals surface area contributed by atoms with Crippen LogP contribution in [0, 0.1) is 0 Å². The van der Waals surface area contributed by atoms with Gasteiger partial charge in [0.05, 0.1) is 43.6 Å². The minimum absolute atomic E-state index is 0.138. The summed E-state index contributed by atoms with van der Waals surface area (Å²) in [4.78, 5) is 37.0. The second-order valence-electron chi connectivity index (χ2n) is 7.11. The maximum absolute atomic E-state index is 11.0. The van der Waals surface area contributed by atoms with Crippen LogP contribution in [0.2, 0.25) is 0 Å². The van der Waals surface area contributed by atoms with Gasteiger partial charge in [0.25, 0.3) is 0 Å². The fourth-order valence-corrected chi connectivity index (χ4v) is 3.75. The Bertz CT molecular complexity index is 1380. The summed E-state index contributed by atoms with van der Waals surface area (Å²) < 4.78 is 16.8. The molecule has 0 aromatic carbocycles. The highest BCUT2D eigenvalue weighted by atomic mass is 79.9. The number of carbonyl (C=O) groups excluding carboxylic acids is 2. The van der Waals surface area contributed by atoms with Crippen molar-refractivity contribution in [2.24, 2.45) is 0 Å². The highest BCUT2D eigenvalue weighted by Crippen LogP contribution is 2.22. The van der Waals surface area contributed by atoms with Crippen molar-refractivity contribution in [1.29, 1.82) is 0 Å². The van der Waals surface area contributed by atoms with Crippen LogP contribution in [-0.2, 0) is 12.5 Å². The molecule has 39 heavy (non-hydrogen) atoms. The molecule has 0 saturated carbocycles. The summed E-state index contributed by atoms with van der Waals surface area (Å²) in [6.45, 7) is 0.295. The van der Waals surface area contributed by atoms with E-state index in [0.29, 0.717) is 52.7 Å². The van der Waals surface area contributed by atoms with E-state index in [4.69, 9.17) is 30.9 Å². The lowest BCUT2D eigenvalue weighted by Gasteiger charge is -2.09. The van der Waals surface area contributed by atoms with Crippen LogP contribution < -0.4 is 14.2 Å². The van der Waals surface area contributed by atoms with E-state index in [9.17, 15) is 9.59 Å². The summed E-state index contributed by atoms with van der Waals surface area (Å²) in [5, 5.41) is 8.98. The van der Waals surface area contributed by atoms with Gasteiger partial charge >= 0.3 is 0 Å². The Morgan fingerprint density at radius 3 is 1.87 bits per heavy atom. The van der Waals surface area contributed by atoms with E-state index in [0.717, 1.165) is 15.7 Å². The molecule has 4 aromatic rings. The lowest BCUT2D eigenvalue weighted by molar-refractivity contribution is 0.111. The first kappa shape index (κ1) is 31.6. The number of nitrogens with zero attached hydrogens (tertiary/aromatic N) is 4. The summed E-state index contributed by atoms with van der Waals surface area (Å²) >= 11 is 12.2. The van der Waals surface area contributed by atoms with Crippen LogP contribution in [0.15, 0.2) is 70.4 Å². The Balaban J connectivity index is 0.000000226. The Labute approximate surface area is 246 Å². The standard InChI is InChI=1S/C13H11BrN2O3.C7H7NO3.C6H5BrClN/c1-18-12-5-10(7-17)11(6-16-12)19-8-9-3-2-4-15-13(9)14;1-11-7-2-5(4-9)6(10)3-8-7;7-6-5(4-8)2-1-3-9-6/h2-7H,8H2,1H3;2-4,10H,1H3;1-3H,4H2. The number of ether oxygens (including phenoxy) is 3. The monoisotopic (exact) mass is 680 g/mol. The van der Waals surface area contributed by atoms with Crippen LogP contribution in [0.25, 0.3) is 0 Å². The fraction of sp³-hybridized carbons (Fsp3) is 0.154. The Kier molecular flexibility index (Phi) is 13.8. The summed E-state index contributed by atoms with van der Waals surface area (Å²) in [6.07, 6.45) is 7.28. The topological polar surface area (TPSA) is 134 Å². The first-order valence-electron chi connectivity index (χ1n) is 10.9. The predicted octanol–water partition coefficient (Wildman–Crippen LogP) is 5.83. The van der Waals surface area contributed by atoms with Gasteiger partial charge in [0.1, 0.15) is 27.3 Å². The zero-order valence-corrected chi connectivity index (χ0v) is 24.7. The molecular weight excluding hydrogens is 660 g/mol. The molecule has 1 N–H and O–H groups in total. The molecular formula is C26H23Br2ClN4O6. The number of rotatable bonds is 8. The van der Waals surface area contributed by atoms with Gasteiger partial charge in [-0.1, -0.05) is 12.1 Å². The zero-order valence-electron chi connectivity index (χ0n) is 20.8. The number of aromatic hydroxyl groups is 1. The van der Waals surface area contributed by atoms with Gasteiger partial charge in [0, 0.05) is 30.1 Å². The van der Waals surface area contributed by atoms with Gasteiger partial charge in [-0.25, -0.2) is 19.9 Å². The van der Waals surface area contributed by atoms with Crippen molar-refractivity contribution in [2.45, 2.75) is 12.5 Å². The second-order valence-corrected chi connectivity index (χ2v) is 8.88. The lowest BCUT2D eigenvalue weighted by Crippen LogP contribution is -2.01. The third kappa shape index (κ3) is 10.2. The SMILES string of the molecule is COc1cc(C=O)c(O)cn1.COc1cc(C=O)c(OCc2cccnc2Br)cn1.ClCc1cccnc1Br. The zero-order chi connectivity index (χ0) is 28.6. The molecule has 4 aromatic heterocycles. The second kappa shape index (κ2) is 17.1. The van der Waals surface area contributed by atoms with Gasteiger partial charge in [-0.15, -0.1) is 11.6 Å². The average Bonchev–Trinajstić information content (AvgIpc) is 2.98. The molecule has 4 rings (SSSR count). The highest BCUT2D eigenvalue weighted by Gasteiger charge is 2.08. The average molecular weight is 683 g/mol. The molecule has 4 heterocycles. The minimum atomic E-state index is -0.138. The van der Waals surface area contributed by atoms with Gasteiger partial charge in [0.2, 0.25) is 11.8 Å². The highest BCUT2D eigenvalue weighted by molar-refractivity contribution is 9.10. The number of halogens is 3. The van der Waals surface area contributed by atoms with Crippen molar-refractivity contribution in [3.63, 3.8) is 0 Å². The molecule has 0 aliphatic carbocycles. The molecule has 0 spiro atoms. The van der Waals surface area contributed by atoms with Crippen LogP contribution >= 0.6 is 43.5 Å². The number of aromatic nitrogens is 4. The summed E-state index contributed by atoms with van der Waals surface area (Å²) in [5.74, 6) is 1.46. The molecule has 0 unspecified atom stereocenters. The van der Waals surface area contributed by atoms with Crippen molar-refractivity contribution in [1.82, 2.24) is 19.9 Å². The Morgan fingerprint density at radius 2 is 1.38 bits per heavy atom. The van der Waals surface area contributed by atoms with Gasteiger partial charge in [-0.3, -0.25) is 9.59 Å². The van der Waals surface area contributed by atoms with E-state index >= 15 is 0 Å². The maximum atomic E-state index is 11.0. The molecule has 204 valence electrons. The Hall–Kier alpha value is -3.61. The van der Waals surface area contributed by atoms with Crippen LogP contribution in [0.1, 0.15) is 31.8 Å². The number of hydrogen-bond donors (Lipinski definition) is 1. The third-order valence-corrected chi connectivity index (χ3v) is 6.35. The first-order chi connectivity index (χ1) is 18.9. The van der Waals surface area contributed by atoms with Gasteiger partial charge < -0.3 is 19.3 Å². The molecule has 0 bridgehead atoms. The van der Waals surface area contributed by atoms with E-state index in [2.05, 4.69) is 51.8 Å².